The Balaban J connectivity index is 1.30. The van der Waals surface area contributed by atoms with Crippen LogP contribution in [0.2, 0.25) is 0 Å². The lowest BCUT2D eigenvalue weighted by Gasteiger charge is -2.13. The molecular weight excluding hydrogens is 528 g/mol. The number of aromatic nitrogens is 3. The monoisotopic (exact) mass is 551 g/mol. The maximum atomic E-state index is 15.3. The Morgan fingerprint density at radius 2 is 1.76 bits per heavy atom. The van der Waals surface area contributed by atoms with Crippen molar-refractivity contribution in [2.45, 2.75) is 18.8 Å². The summed E-state index contributed by atoms with van der Waals surface area (Å²) in [5.74, 6) is -1.54. The number of phenols is 1. The summed E-state index contributed by atoms with van der Waals surface area (Å²) in [6, 6.07) is 17.3. The predicted molar refractivity (Wildman–Crippen MR) is 151 cm³/mol. The predicted octanol–water partition coefficient (Wildman–Crippen LogP) is 5.66. The molecule has 0 radical (unpaired) electrons. The molecule has 0 saturated heterocycles. The fraction of sp³-hybridized carbons (Fsp3) is 0.0968. The SMILES string of the molecule is Nc1nccc(-c2cc(-c3ccc(NC(=O)c4cc(C5CC5)cn(-c5ccc(F)cc5)c4=O)cc3F)ccc2O)n1. The maximum Gasteiger partial charge on any atom is 0.267 e. The van der Waals surface area contributed by atoms with Crippen molar-refractivity contribution in [2.75, 3.05) is 11.1 Å². The van der Waals surface area contributed by atoms with E-state index in [0.29, 0.717) is 22.5 Å². The van der Waals surface area contributed by atoms with Gasteiger partial charge in [-0.15, -0.1) is 0 Å². The van der Waals surface area contributed by atoms with Crippen molar-refractivity contribution in [3.8, 4) is 33.8 Å². The lowest BCUT2D eigenvalue weighted by Crippen LogP contribution is -2.28. The first kappa shape index (κ1) is 25.9. The van der Waals surface area contributed by atoms with Crippen LogP contribution in [-0.4, -0.2) is 25.5 Å². The lowest BCUT2D eigenvalue weighted by molar-refractivity contribution is 0.102. The van der Waals surface area contributed by atoms with E-state index in [9.17, 15) is 19.1 Å². The molecule has 3 aromatic carbocycles. The quantitative estimate of drug-likeness (QED) is 0.250. The number of benzene rings is 3. The zero-order valence-corrected chi connectivity index (χ0v) is 21.5. The fourth-order valence-corrected chi connectivity index (χ4v) is 4.66. The number of aromatic hydroxyl groups is 1. The van der Waals surface area contributed by atoms with Gasteiger partial charge in [0.25, 0.3) is 11.5 Å². The number of halogens is 2. The molecule has 1 amide bonds. The maximum absolute atomic E-state index is 15.3. The van der Waals surface area contributed by atoms with Crippen LogP contribution < -0.4 is 16.6 Å². The van der Waals surface area contributed by atoms with Crippen LogP contribution in [0.5, 0.6) is 5.75 Å². The number of nitrogens with one attached hydrogen (secondary N) is 1. The third-order valence-corrected chi connectivity index (χ3v) is 6.92. The highest BCUT2D eigenvalue weighted by Crippen LogP contribution is 2.40. The minimum atomic E-state index is -0.686. The van der Waals surface area contributed by atoms with Gasteiger partial charge in [-0.25, -0.2) is 18.7 Å². The molecule has 0 spiro atoms. The van der Waals surface area contributed by atoms with Crippen LogP contribution in [0, 0.1) is 11.6 Å². The fourth-order valence-electron chi connectivity index (χ4n) is 4.66. The molecule has 0 unspecified atom stereocenters. The van der Waals surface area contributed by atoms with Crippen LogP contribution in [0.1, 0.15) is 34.7 Å². The van der Waals surface area contributed by atoms with Crippen LogP contribution in [0.4, 0.5) is 20.4 Å². The molecule has 8 nitrogen and oxygen atoms in total. The van der Waals surface area contributed by atoms with E-state index in [1.165, 1.54) is 53.2 Å². The Labute approximate surface area is 232 Å². The van der Waals surface area contributed by atoms with Crippen LogP contribution >= 0.6 is 0 Å². The van der Waals surface area contributed by atoms with Crippen molar-refractivity contribution in [1.82, 2.24) is 14.5 Å². The first-order chi connectivity index (χ1) is 19.8. The van der Waals surface area contributed by atoms with Gasteiger partial charge >= 0.3 is 0 Å². The second-order valence-corrected chi connectivity index (χ2v) is 9.79. The van der Waals surface area contributed by atoms with Gasteiger partial charge in [0.05, 0.1) is 5.69 Å². The first-order valence-electron chi connectivity index (χ1n) is 12.8. The molecule has 1 aliphatic rings. The van der Waals surface area contributed by atoms with Crippen molar-refractivity contribution in [1.29, 1.82) is 0 Å². The second-order valence-electron chi connectivity index (χ2n) is 9.79. The molecule has 2 aromatic heterocycles. The molecule has 1 aliphatic carbocycles. The summed E-state index contributed by atoms with van der Waals surface area (Å²) in [6.45, 7) is 0. The standard InChI is InChI=1S/C31H23F2N5O3/c32-20-4-7-22(8-5-20)38-16-19(17-1-2-17)14-25(30(38)41)29(40)36-21-6-9-23(26(33)15-21)18-3-10-28(39)24(13-18)27-11-12-35-31(34)37-27/h3-17,39H,1-2H2,(H,36,40)(H2,34,35,37). The molecule has 41 heavy (non-hydrogen) atoms. The van der Waals surface area contributed by atoms with Gasteiger partial charge in [-0.05, 0) is 96.6 Å². The summed E-state index contributed by atoms with van der Waals surface area (Å²) in [5, 5.41) is 13.0. The topological polar surface area (TPSA) is 123 Å². The third kappa shape index (κ3) is 5.27. The van der Waals surface area contributed by atoms with Crippen LogP contribution in [0.3, 0.4) is 0 Å². The van der Waals surface area contributed by atoms with Gasteiger partial charge in [-0.2, -0.15) is 0 Å². The lowest BCUT2D eigenvalue weighted by atomic mass is 10.00. The van der Waals surface area contributed by atoms with Crippen molar-refractivity contribution in [3.05, 3.63) is 118 Å². The number of hydrogen-bond acceptors (Lipinski definition) is 6. The number of amides is 1. The third-order valence-electron chi connectivity index (χ3n) is 6.92. The minimum absolute atomic E-state index is 0.0330. The Morgan fingerprint density at radius 1 is 0.976 bits per heavy atom. The molecule has 0 bridgehead atoms. The Bertz CT molecular complexity index is 1870. The number of pyridine rings is 1. The number of carbonyl (C=O) groups excluding carboxylic acids is 1. The molecule has 204 valence electrons. The van der Waals surface area contributed by atoms with E-state index in [0.717, 1.165) is 24.5 Å². The number of nitrogens with zero attached hydrogens (tertiary/aromatic N) is 3. The smallest absolute Gasteiger partial charge is 0.267 e. The van der Waals surface area contributed by atoms with Gasteiger partial charge < -0.3 is 16.2 Å². The number of anilines is 2. The van der Waals surface area contributed by atoms with E-state index in [1.54, 1.807) is 30.5 Å². The molecular formula is C31H23F2N5O3. The van der Waals surface area contributed by atoms with Crippen LogP contribution in [0.15, 0.2) is 90.0 Å². The zero-order valence-electron chi connectivity index (χ0n) is 21.5. The average Bonchev–Trinajstić information content (AvgIpc) is 3.80. The zero-order chi connectivity index (χ0) is 28.7. The highest BCUT2D eigenvalue weighted by atomic mass is 19.1. The average molecular weight is 552 g/mol. The van der Waals surface area contributed by atoms with Gasteiger partial charge in [0.1, 0.15) is 22.9 Å². The minimum Gasteiger partial charge on any atom is -0.507 e. The summed E-state index contributed by atoms with van der Waals surface area (Å²) in [7, 11) is 0. The van der Waals surface area contributed by atoms with Gasteiger partial charge in [-0.3, -0.25) is 14.2 Å². The van der Waals surface area contributed by atoms with E-state index >= 15 is 4.39 Å². The second kappa shape index (κ2) is 10.3. The van der Waals surface area contributed by atoms with Gasteiger partial charge in [0.15, 0.2) is 0 Å². The molecule has 10 heteroatoms. The van der Waals surface area contributed by atoms with E-state index in [-0.39, 0.29) is 34.4 Å². The highest BCUT2D eigenvalue weighted by molar-refractivity contribution is 6.04. The van der Waals surface area contributed by atoms with Crippen molar-refractivity contribution >= 4 is 17.5 Å². The van der Waals surface area contributed by atoms with Crippen molar-refractivity contribution in [3.63, 3.8) is 0 Å². The Morgan fingerprint density at radius 3 is 2.46 bits per heavy atom. The number of rotatable bonds is 6. The number of nitrogens with two attached hydrogens (primary N) is 1. The van der Waals surface area contributed by atoms with Crippen molar-refractivity contribution in [2.24, 2.45) is 0 Å². The van der Waals surface area contributed by atoms with E-state index in [2.05, 4.69) is 15.3 Å². The number of carbonyl (C=O) groups is 1. The highest BCUT2D eigenvalue weighted by Gasteiger charge is 2.27. The Kier molecular flexibility index (Phi) is 6.50. The van der Waals surface area contributed by atoms with Crippen LogP contribution in [-0.2, 0) is 0 Å². The molecule has 2 heterocycles. The first-order valence-corrected chi connectivity index (χ1v) is 12.8. The molecule has 4 N–H and O–H groups in total. The number of nitrogen functional groups attached to an aromatic ring is 1. The van der Waals surface area contributed by atoms with E-state index in [1.807, 2.05) is 0 Å². The molecule has 6 rings (SSSR count). The summed E-state index contributed by atoms with van der Waals surface area (Å²) in [6.07, 6.45) is 5.02. The summed E-state index contributed by atoms with van der Waals surface area (Å²) in [5.41, 5.74) is 7.82. The molecule has 5 aromatic rings. The summed E-state index contributed by atoms with van der Waals surface area (Å²) >= 11 is 0. The number of hydrogen-bond donors (Lipinski definition) is 3. The van der Waals surface area contributed by atoms with Gasteiger partial charge in [0, 0.05) is 34.9 Å². The van der Waals surface area contributed by atoms with E-state index in [4.69, 9.17) is 5.73 Å². The Hall–Kier alpha value is -5.38. The summed E-state index contributed by atoms with van der Waals surface area (Å²) < 4.78 is 30.1. The molecule has 1 fully saturated rings. The molecule has 0 aliphatic heterocycles. The van der Waals surface area contributed by atoms with Gasteiger partial charge in [-0.1, -0.05) is 6.07 Å². The van der Waals surface area contributed by atoms with Crippen LogP contribution in [0.25, 0.3) is 28.1 Å². The molecule has 1 saturated carbocycles. The largest absolute Gasteiger partial charge is 0.507 e. The van der Waals surface area contributed by atoms with E-state index < -0.39 is 23.1 Å². The molecule has 0 atom stereocenters. The van der Waals surface area contributed by atoms with Crippen molar-refractivity contribution < 1.29 is 18.7 Å². The number of phenolic OH excluding ortho intramolecular Hbond substituents is 1. The summed E-state index contributed by atoms with van der Waals surface area (Å²) in [4.78, 5) is 34.5. The van der Waals surface area contributed by atoms with Gasteiger partial charge in [0.2, 0.25) is 5.95 Å². The normalized spacial score (nSPS) is 12.7.